The molecule has 1 aliphatic heterocycles. The summed E-state index contributed by atoms with van der Waals surface area (Å²) in [5, 5.41) is 2.21. The van der Waals surface area contributed by atoms with Crippen molar-refractivity contribution < 1.29 is 30.4 Å². The number of imidazole rings is 1. The molecule has 0 amide bonds. The zero-order valence-electron chi connectivity index (χ0n) is 43.0. The van der Waals surface area contributed by atoms with Crippen LogP contribution in [0.3, 0.4) is 0 Å². The number of nitrogens with zero attached hydrogens (tertiary/aromatic N) is 4. The number of hydrogen-bond acceptors (Lipinski definition) is 2. The third-order valence-electron chi connectivity index (χ3n) is 16.7. The van der Waals surface area contributed by atoms with E-state index in [4.69, 9.17) is 9.72 Å². The molecule has 0 atom stereocenters. The zero-order valence-corrected chi connectivity index (χ0v) is 45.3. The zero-order chi connectivity index (χ0) is 51.1. The van der Waals surface area contributed by atoms with Crippen molar-refractivity contribution in [3.05, 3.63) is 294 Å². The van der Waals surface area contributed by atoms with E-state index in [2.05, 4.69) is 259 Å². The summed E-state index contributed by atoms with van der Waals surface area (Å²) in [6.45, 7) is 6.70. The van der Waals surface area contributed by atoms with Crippen molar-refractivity contribution in [3.63, 3.8) is 0 Å². The van der Waals surface area contributed by atoms with Gasteiger partial charge in [-0.05, 0) is 113 Å². The number of pyridine rings is 1. The van der Waals surface area contributed by atoms with E-state index in [0.29, 0.717) is 11.5 Å². The SMILES string of the molecule is CC(C)(C)c1ccnc(-n2c3[c-]c(Oc4[c-]c(-n5[c-][n+]6c7c(cccc75)-c5ccccc5-c5ccccc5-c5cccc(C78c9ccccc9C(c9ccccc97)c7ccccc78)c5-6)ccc4)ccc3c3ccccc32)c1.[Pt]. The summed E-state index contributed by atoms with van der Waals surface area (Å²) in [7, 11) is 0. The van der Waals surface area contributed by atoms with Crippen LogP contribution in [0.1, 0.15) is 71.2 Å². The molecule has 4 heterocycles. The van der Waals surface area contributed by atoms with Crippen LogP contribution >= 0.6 is 0 Å². The van der Waals surface area contributed by atoms with Crippen molar-refractivity contribution in [2.45, 2.75) is 37.5 Å². The van der Waals surface area contributed by atoms with Gasteiger partial charge in [0.1, 0.15) is 5.82 Å². The van der Waals surface area contributed by atoms with Crippen LogP contribution in [0.25, 0.3) is 83.4 Å². The van der Waals surface area contributed by atoms with Gasteiger partial charge >= 0.3 is 0 Å². The normalized spacial score (nSPS) is 15.4. The molecule has 4 aliphatic rings. The first-order valence-corrected chi connectivity index (χ1v) is 26.6. The molecule has 5 nitrogen and oxygen atoms in total. The van der Waals surface area contributed by atoms with Gasteiger partial charge in [-0.3, -0.25) is 4.57 Å². The number of ether oxygens (including phenoxy) is 1. The second kappa shape index (κ2) is 17.3. The standard InChI is InChI=1S/C72H48N4O.Pt/c1-71(2,3)45-39-40-73-67(41-45)76-64-35-15-11-25-53(64)54-38-37-48(43-66(54)76)77-47-20-16-19-46(42-47)74-44-75-69-55(51-23-6-4-21-49(51)50-22-5-7-24-52(50)56-30-18-36-65(74)70(56)75)29-17-34-63(69)72-60-31-12-8-26-57(60)68(58-27-9-13-32-61(58)72)59-28-10-14-33-62(59)72;/h4-41,68H,1-3H3;/q-2;. The molecule has 3 aliphatic carbocycles. The molecule has 2 bridgehead atoms. The van der Waals surface area contributed by atoms with Crippen LogP contribution < -0.4 is 9.30 Å². The van der Waals surface area contributed by atoms with Crippen LogP contribution in [0.2, 0.25) is 0 Å². The van der Waals surface area contributed by atoms with Gasteiger partial charge in [-0.15, -0.1) is 29.7 Å². The number of fused-ring (bicyclic) bond motifs is 10. The maximum absolute atomic E-state index is 6.84. The van der Waals surface area contributed by atoms with Gasteiger partial charge in [0.15, 0.2) is 0 Å². The molecule has 0 saturated carbocycles. The molecule has 17 rings (SSSR count). The van der Waals surface area contributed by atoms with E-state index in [1.165, 1.54) is 55.6 Å². The first-order valence-electron chi connectivity index (χ1n) is 26.6. The fourth-order valence-electron chi connectivity index (χ4n) is 13.5. The van der Waals surface area contributed by atoms with E-state index in [9.17, 15) is 0 Å². The summed E-state index contributed by atoms with van der Waals surface area (Å²) < 4.78 is 13.6. The van der Waals surface area contributed by atoms with Crippen molar-refractivity contribution in [1.29, 1.82) is 0 Å². The smallest absolute Gasteiger partial charge is 0.268 e. The molecule has 0 spiro atoms. The van der Waals surface area contributed by atoms with Crippen LogP contribution in [0, 0.1) is 18.5 Å². The molecule has 0 unspecified atom stereocenters. The molecule has 0 N–H and O–H groups in total. The molecular formula is C72H48N4OPt-2. The molecule has 6 heteroatoms. The Kier molecular flexibility index (Phi) is 10.3. The Morgan fingerprint density at radius 2 is 1.04 bits per heavy atom. The molecule has 10 aromatic carbocycles. The van der Waals surface area contributed by atoms with Gasteiger partial charge in [0, 0.05) is 50.2 Å². The number of hydrogen-bond donors (Lipinski definition) is 0. The van der Waals surface area contributed by atoms with E-state index in [0.717, 1.165) is 72.3 Å². The Hall–Kier alpha value is -8.89. The third kappa shape index (κ3) is 6.52. The van der Waals surface area contributed by atoms with E-state index in [1.807, 2.05) is 24.4 Å². The summed E-state index contributed by atoms with van der Waals surface area (Å²) in [5.74, 6) is 2.13. The van der Waals surface area contributed by atoms with Gasteiger partial charge in [-0.2, -0.15) is 18.2 Å². The largest absolute Gasteiger partial charge is 0.510 e. The minimum absolute atomic E-state index is 0. The Bertz CT molecular complexity index is 4510. The van der Waals surface area contributed by atoms with Crippen molar-refractivity contribution in [3.8, 4) is 62.1 Å². The van der Waals surface area contributed by atoms with Crippen molar-refractivity contribution >= 4 is 32.8 Å². The minimum Gasteiger partial charge on any atom is -0.510 e. The Labute approximate surface area is 467 Å². The number of benzene rings is 10. The van der Waals surface area contributed by atoms with Gasteiger partial charge in [0.05, 0.1) is 22.1 Å². The molecule has 0 radical (unpaired) electrons. The topological polar surface area (TPSA) is 35.9 Å². The number of para-hydroxylation sites is 3. The van der Waals surface area contributed by atoms with Crippen LogP contribution in [0.15, 0.2) is 231 Å². The summed E-state index contributed by atoms with van der Waals surface area (Å²) >= 11 is 0. The van der Waals surface area contributed by atoms with Crippen molar-refractivity contribution in [1.82, 2.24) is 14.1 Å². The molecule has 0 saturated heterocycles. The fraction of sp³-hybridized carbons (Fsp3) is 0.0833. The average Bonchev–Trinajstić information content (AvgIpc) is 2.27. The predicted octanol–water partition coefficient (Wildman–Crippen LogP) is 16.4. The average molecular weight is 1180 g/mol. The second-order valence-electron chi connectivity index (χ2n) is 21.8. The Morgan fingerprint density at radius 1 is 0.500 bits per heavy atom. The van der Waals surface area contributed by atoms with Gasteiger partial charge in [-0.1, -0.05) is 202 Å². The van der Waals surface area contributed by atoms with Gasteiger partial charge in [0.25, 0.3) is 6.33 Å². The Balaban J connectivity index is 0.00000529. The molecule has 3 aromatic heterocycles. The van der Waals surface area contributed by atoms with E-state index >= 15 is 0 Å². The Morgan fingerprint density at radius 3 is 1.73 bits per heavy atom. The van der Waals surface area contributed by atoms with Crippen molar-refractivity contribution in [2.75, 3.05) is 0 Å². The fourth-order valence-corrected chi connectivity index (χ4v) is 13.5. The predicted molar refractivity (Wildman–Crippen MR) is 308 cm³/mol. The van der Waals surface area contributed by atoms with E-state index in [-0.39, 0.29) is 32.4 Å². The quantitative estimate of drug-likeness (QED) is 0.127. The first-order chi connectivity index (χ1) is 37.8. The molecule has 78 heavy (non-hydrogen) atoms. The van der Waals surface area contributed by atoms with Gasteiger partial charge < -0.3 is 13.9 Å². The molecule has 13 aromatic rings. The number of rotatable bonds is 5. The second-order valence-corrected chi connectivity index (χ2v) is 21.8. The van der Waals surface area contributed by atoms with Crippen LogP contribution in [-0.4, -0.2) is 14.1 Å². The minimum atomic E-state index is -0.668. The molecular weight excluding hydrogens is 1130 g/mol. The summed E-state index contributed by atoms with van der Waals surface area (Å²) in [5.41, 5.74) is 22.5. The third-order valence-corrected chi connectivity index (χ3v) is 16.7. The maximum atomic E-state index is 6.84. The van der Waals surface area contributed by atoms with E-state index in [1.54, 1.807) is 0 Å². The number of aromatic nitrogens is 4. The summed E-state index contributed by atoms with van der Waals surface area (Å²) in [6.07, 6.45) is 5.97. The van der Waals surface area contributed by atoms with Gasteiger partial charge in [-0.25, -0.2) is 4.98 Å². The molecule has 374 valence electrons. The summed E-state index contributed by atoms with van der Waals surface area (Å²) in [4.78, 5) is 4.91. The van der Waals surface area contributed by atoms with Crippen LogP contribution in [-0.2, 0) is 31.9 Å². The van der Waals surface area contributed by atoms with Crippen molar-refractivity contribution in [2.24, 2.45) is 0 Å². The molecule has 0 fully saturated rings. The maximum Gasteiger partial charge on any atom is 0.268 e. The monoisotopic (exact) mass is 1180 g/mol. The summed E-state index contributed by atoms with van der Waals surface area (Å²) in [6, 6.07) is 89.5. The van der Waals surface area contributed by atoms with Crippen LogP contribution in [0.4, 0.5) is 0 Å². The first kappa shape index (κ1) is 46.4. The van der Waals surface area contributed by atoms with Crippen LogP contribution in [0.5, 0.6) is 11.5 Å². The van der Waals surface area contributed by atoms with E-state index < -0.39 is 5.41 Å². The van der Waals surface area contributed by atoms with Gasteiger partial charge in [0.2, 0.25) is 0 Å².